The Balaban J connectivity index is 1.09. The van der Waals surface area contributed by atoms with E-state index < -0.39 is 0 Å². The number of nitriles is 2. The molecule has 2 aromatic rings. The van der Waals surface area contributed by atoms with Crippen molar-refractivity contribution in [2.75, 3.05) is 79.5 Å². The number of fused-ring (bicyclic) bond motifs is 4. The molecule has 10 nitrogen and oxygen atoms in total. The summed E-state index contributed by atoms with van der Waals surface area (Å²) >= 11 is 3.61. The molecule has 0 amide bonds. The molecule has 220 valence electrons. The van der Waals surface area contributed by atoms with E-state index in [1.165, 1.54) is 29.2 Å². The summed E-state index contributed by atoms with van der Waals surface area (Å²) in [6, 6.07) is 6.09. The van der Waals surface area contributed by atoms with Crippen LogP contribution in [0.2, 0.25) is 0 Å². The smallest absolute Gasteiger partial charge is 0.320 e. The van der Waals surface area contributed by atoms with Crippen molar-refractivity contribution >= 4 is 39.7 Å². The number of thiophene rings is 1. The van der Waals surface area contributed by atoms with Crippen LogP contribution in [0.25, 0.3) is 0 Å². The SMILES string of the molecule is N#Cc1c(N2C[C@H]3CC[C@@H](C2)N3)nc(OCC2(CN3CCSCC3)CC2)nc1N1CC2(CCc3sc(N)c(C#N)c32)C1. The summed E-state index contributed by atoms with van der Waals surface area (Å²) < 4.78 is 6.46. The third-order valence-electron chi connectivity index (χ3n) is 10.4. The summed E-state index contributed by atoms with van der Waals surface area (Å²) in [7, 11) is 0. The van der Waals surface area contributed by atoms with Gasteiger partial charge in [0.05, 0.1) is 12.2 Å². The van der Waals surface area contributed by atoms with Crippen LogP contribution < -0.4 is 25.6 Å². The van der Waals surface area contributed by atoms with E-state index in [1.54, 1.807) is 11.3 Å². The van der Waals surface area contributed by atoms with Gasteiger partial charge in [0.2, 0.25) is 0 Å². The Labute approximate surface area is 255 Å². The van der Waals surface area contributed by atoms with E-state index in [-0.39, 0.29) is 10.8 Å². The van der Waals surface area contributed by atoms with E-state index in [4.69, 9.17) is 20.4 Å². The first-order valence-corrected chi connectivity index (χ1v) is 17.3. The van der Waals surface area contributed by atoms with Gasteiger partial charge in [0.15, 0.2) is 11.6 Å². The highest BCUT2D eigenvalue weighted by atomic mass is 32.2. The number of thioether (sulfide) groups is 1. The van der Waals surface area contributed by atoms with Gasteiger partial charge in [-0.2, -0.15) is 32.3 Å². The number of piperazine rings is 1. The maximum Gasteiger partial charge on any atom is 0.320 e. The van der Waals surface area contributed by atoms with Gasteiger partial charge >= 0.3 is 6.01 Å². The second kappa shape index (κ2) is 10.2. The van der Waals surface area contributed by atoms with Crippen molar-refractivity contribution in [1.29, 1.82) is 10.5 Å². The highest BCUT2D eigenvalue weighted by Crippen LogP contribution is 2.53. The first-order valence-electron chi connectivity index (χ1n) is 15.3. The fraction of sp³-hybridized carbons (Fsp3) is 0.667. The average Bonchev–Trinajstić information content (AvgIpc) is 3.35. The molecule has 1 saturated carbocycles. The maximum atomic E-state index is 10.5. The Kier molecular flexibility index (Phi) is 6.49. The summed E-state index contributed by atoms with van der Waals surface area (Å²) in [5.41, 5.74) is 8.63. The van der Waals surface area contributed by atoms with Gasteiger partial charge in [0.25, 0.3) is 0 Å². The van der Waals surface area contributed by atoms with Gasteiger partial charge in [-0.1, -0.05) is 0 Å². The van der Waals surface area contributed by atoms with E-state index in [9.17, 15) is 10.5 Å². The van der Waals surface area contributed by atoms with Crippen LogP contribution in [0.1, 0.15) is 53.7 Å². The lowest BCUT2D eigenvalue weighted by molar-refractivity contribution is 0.161. The van der Waals surface area contributed by atoms with Crippen molar-refractivity contribution in [2.24, 2.45) is 5.41 Å². The Morgan fingerprint density at radius 1 is 0.976 bits per heavy atom. The van der Waals surface area contributed by atoms with Crippen LogP contribution in [0.5, 0.6) is 6.01 Å². The van der Waals surface area contributed by atoms with Gasteiger partial charge in [0.1, 0.15) is 22.7 Å². The molecule has 8 rings (SSSR count). The second-order valence-corrected chi connectivity index (χ2v) is 15.6. The van der Waals surface area contributed by atoms with Crippen LogP contribution in [0.4, 0.5) is 16.6 Å². The number of nitrogen functional groups attached to an aromatic ring is 1. The lowest BCUT2D eigenvalue weighted by atomic mass is 9.74. The average molecular weight is 604 g/mol. The van der Waals surface area contributed by atoms with E-state index in [2.05, 4.69) is 32.2 Å². The first-order chi connectivity index (χ1) is 20.5. The van der Waals surface area contributed by atoms with Gasteiger partial charge in [0, 0.05) is 85.1 Å². The Morgan fingerprint density at radius 3 is 2.33 bits per heavy atom. The molecule has 3 N–H and O–H groups in total. The molecule has 0 radical (unpaired) electrons. The number of nitrogens with zero attached hydrogens (tertiary/aromatic N) is 7. The number of rotatable bonds is 7. The van der Waals surface area contributed by atoms with Crippen molar-refractivity contribution < 1.29 is 4.74 Å². The number of aryl methyl sites for hydroxylation is 1. The molecule has 2 aliphatic carbocycles. The molecule has 4 saturated heterocycles. The molecule has 6 heterocycles. The number of aromatic nitrogens is 2. The molecular weight excluding hydrogens is 567 g/mol. The number of nitrogens with one attached hydrogen (secondary N) is 1. The fourth-order valence-electron chi connectivity index (χ4n) is 7.96. The minimum Gasteiger partial charge on any atom is -0.463 e. The predicted molar refractivity (Wildman–Crippen MR) is 165 cm³/mol. The number of hydrogen-bond acceptors (Lipinski definition) is 12. The first kappa shape index (κ1) is 26.8. The van der Waals surface area contributed by atoms with E-state index >= 15 is 0 Å². The molecular formula is C30H37N9OS2. The molecule has 6 aliphatic rings. The van der Waals surface area contributed by atoms with Crippen molar-refractivity contribution in [2.45, 2.75) is 56.0 Å². The monoisotopic (exact) mass is 603 g/mol. The highest BCUT2D eigenvalue weighted by Gasteiger charge is 2.52. The van der Waals surface area contributed by atoms with Crippen LogP contribution in [0.3, 0.4) is 0 Å². The standard InChI is InChI=1S/C30H37N9OS2/c31-11-21-24-23(42-25(21)33)3-4-30(24)16-39(17-30)27-22(12-32)26(38-13-19-1-2-20(14-38)34-19)35-28(36-27)40-18-29(5-6-29)15-37-7-9-41-10-8-37/h19-20,34H,1-10,13-18,33H2/t19-,20+. The molecule has 2 atom stereocenters. The van der Waals surface area contributed by atoms with Crippen LogP contribution >= 0.6 is 23.1 Å². The minimum atomic E-state index is -0.105. The second-order valence-electron chi connectivity index (χ2n) is 13.2. The molecule has 4 aliphatic heterocycles. The van der Waals surface area contributed by atoms with E-state index in [0.717, 1.165) is 77.1 Å². The van der Waals surface area contributed by atoms with Gasteiger partial charge < -0.3 is 30.5 Å². The van der Waals surface area contributed by atoms with Gasteiger partial charge in [-0.3, -0.25) is 0 Å². The Hall–Kier alpha value is -2.77. The van der Waals surface area contributed by atoms with Crippen LogP contribution in [-0.2, 0) is 11.8 Å². The third-order valence-corrected chi connectivity index (χ3v) is 12.4. The van der Waals surface area contributed by atoms with Crippen molar-refractivity contribution in [3.63, 3.8) is 0 Å². The minimum absolute atomic E-state index is 0.105. The van der Waals surface area contributed by atoms with E-state index in [0.29, 0.717) is 52.5 Å². The summed E-state index contributed by atoms with van der Waals surface area (Å²) in [4.78, 5) is 18.2. The molecule has 1 spiro atoms. The Morgan fingerprint density at radius 2 is 1.67 bits per heavy atom. The van der Waals surface area contributed by atoms with Crippen LogP contribution in [-0.4, -0.2) is 90.9 Å². The third kappa shape index (κ3) is 4.50. The molecule has 42 heavy (non-hydrogen) atoms. The van der Waals surface area contributed by atoms with Crippen molar-refractivity contribution in [3.05, 3.63) is 21.6 Å². The summed E-state index contributed by atoms with van der Waals surface area (Å²) in [5, 5.41) is 24.7. The fourth-order valence-corrected chi connectivity index (χ4v) is 10.1. The molecule has 0 aromatic carbocycles. The largest absolute Gasteiger partial charge is 0.463 e. The van der Waals surface area contributed by atoms with Crippen molar-refractivity contribution in [3.8, 4) is 18.1 Å². The normalized spacial score (nSPS) is 26.9. The van der Waals surface area contributed by atoms with E-state index in [1.807, 2.05) is 11.8 Å². The molecule has 12 heteroatoms. The number of nitrogens with two attached hydrogens (primary N) is 1. The molecule has 2 aromatic heterocycles. The highest BCUT2D eigenvalue weighted by molar-refractivity contribution is 7.99. The van der Waals surface area contributed by atoms with Crippen molar-refractivity contribution in [1.82, 2.24) is 20.2 Å². The molecule has 0 unspecified atom stereocenters. The maximum absolute atomic E-state index is 10.5. The predicted octanol–water partition coefficient (Wildman–Crippen LogP) is 2.72. The Bertz CT molecular complexity index is 1470. The summed E-state index contributed by atoms with van der Waals surface area (Å²) in [6.45, 7) is 7.12. The summed E-state index contributed by atoms with van der Waals surface area (Å²) in [5.74, 6) is 3.80. The van der Waals surface area contributed by atoms with Crippen LogP contribution in [0, 0.1) is 28.1 Å². The van der Waals surface area contributed by atoms with Gasteiger partial charge in [-0.05, 0) is 44.1 Å². The number of anilines is 3. The zero-order valence-electron chi connectivity index (χ0n) is 23.9. The molecule has 2 bridgehead atoms. The molecule has 5 fully saturated rings. The summed E-state index contributed by atoms with van der Waals surface area (Å²) in [6.07, 6.45) is 6.62. The zero-order valence-corrected chi connectivity index (χ0v) is 25.5. The topological polar surface area (TPSA) is 130 Å². The zero-order chi connectivity index (χ0) is 28.5. The quantitative estimate of drug-likeness (QED) is 0.484. The number of hydrogen-bond donors (Lipinski definition) is 2. The van der Waals surface area contributed by atoms with Gasteiger partial charge in [-0.15, -0.1) is 11.3 Å². The lowest BCUT2D eigenvalue weighted by Gasteiger charge is -2.49. The lowest BCUT2D eigenvalue weighted by Crippen LogP contribution is -2.59. The van der Waals surface area contributed by atoms with Crippen LogP contribution in [0.15, 0.2) is 0 Å². The number of ether oxygens (including phenoxy) is 1. The van der Waals surface area contributed by atoms with Gasteiger partial charge in [-0.25, -0.2) is 0 Å².